The fourth-order valence-corrected chi connectivity index (χ4v) is 1.71. The summed E-state index contributed by atoms with van der Waals surface area (Å²) in [5.41, 5.74) is 6.44. The van der Waals surface area contributed by atoms with Crippen molar-refractivity contribution < 1.29 is 4.79 Å². The highest BCUT2D eigenvalue weighted by atomic mass is 16.1. The Morgan fingerprint density at radius 1 is 1.44 bits per heavy atom. The minimum atomic E-state index is -0.425. The molecule has 2 rings (SSSR count). The number of ketones is 1. The second-order valence-electron chi connectivity index (χ2n) is 3.78. The molecule has 0 aliphatic carbocycles. The zero-order valence-electron chi connectivity index (χ0n) is 9.18. The van der Waals surface area contributed by atoms with Gasteiger partial charge in [-0.25, -0.2) is 0 Å². The monoisotopic (exact) mass is 214 g/mol. The van der Waals surface area contributed by atoms with Crippen molar-refractivity contribution in [2.75, 3.05) is 0 Å². The normalized spacial score (nSPS) is 12.6. The maximum atomic E-state index is 12.0. The van der Waals surface area contributed by atoms with Crippen molar-refractivity contribution in [1.82, 2.24) is 4.98 Å². The Labute approximate surface area is 94.3 Å². The summed E-state index contributed by atoms with van der Waals surface area (Å²) in [5.74, 6) is -0.0129. The number of benzene rings is 1. The third-order valence-electron chi connectivity index (χ3n) is 2.73. The molecule has 1 atom stereocenters. The van der Waals surface area contributed by atoms with Gasteiger partial charge in [-0.3, -0.25) is 9.78 Å². The number of Topliss-reactive ketones (excluding diaryl/α,β-unsaturated/α-hetero) is 1. The van der Waals surface area contributed by atoms with Crippen LogP contribution in [0.5, 0.6) is 0 Å². The van der Waals surface area contributed by atoms with E-state index in [9.17, 15) is 4.79 Å². The van der Waals surface area contributed by atoms with Crippen molar-refractivity contribution in [2.24, 2.45) is 5.73 Å². The van der Waals surface area contributed by atoms with E-state index in [0.29, 0.717) is 12.0 Å². The van der Waals surface area contributed by atoms with E-state index in [1.54, 1.807) is 12.4 Å². The molecule has 0 aliphatic rings. The fourth-order valence-electron chi connectivity index (χ4n) is 1.71. The van der Waals surface area contributed by atoms with Crippen LogP contribution in [-0.4, -0.2) is 16.8 Å². The van der Waals surface area contributed by atoms with Crippen molar-refractivity contribution in [1.29, 1.82) is 0 Å². The van der Waals surface area contributed by atoms with Crippen LogP contribution >= 0.6 is 0 Å². The van der Waals surface area contributed by atoms with Crippen LogP contribution < -0.4 is 5.73 Å². The van der Waals surface area contributed by atoms with Crippen LogP contribution in [0.2, 0.25) is 0 Å². The van der Waals surface area contributed by atoms with Gasteiger partial charge in [0.25, 0.3) is 0 Å². The van der Waals surface area contributed by atoms with Gasteiger partial charge >= 0.3 is 0 Å². The van der Waals surface area contributed by atoms with Gasteiger partial charge in [-0.1, -0.05) is 25.1 Å². The second-order valence-corrected chi connectivity index (χ2v) is 3.78. The van der Waals surface area contributed by atoms with Crippen LogP contribution in [0.4, 0.5) is 0 Å². The Bertz CT molecular complexity index is 517. The molecule has 16 heavy (non-hydrogen) atoms. The molecule has 1 unspecified atom stereocenters. The maximum Gasteiger partial charge on any atom is 0.180 e. The van der Waals surface area contributed by atoms with Crippen LogP contribution in [0.15, 0.2) is 36.7 Å². The van der Waals surface area contributed by atoms with Gasteiger partial charge in [0.1, 0.15) is 0 Å². The molecule has 2 N–H and O–H groups in total. The van der Waals surface area contributed by atoms with Crippen LogP contribution in [-0.2, 0) is 0 Å². The summed E-state index contributed by atoms with van der Waals surface area (Å²) in [7, 11) is 0. The van der Waals surface area contributed by atoms with E-state index in [0.717, 1.165) is 10.8 Å². The molecular weight excluding hydrogens is 200 g/mol. The zero-order valence-corrected chi connectivity index (χ0v) is 9.18. The van der Waals surface area contributed by atoms with E-state index in [1.807, 2.05) is 31.2 Å². The third-order valence-corrected chi connectivity index (χ3v) is 2.73. The van der Waals surface area contributed by atoms with Crippen molar-refractivity contribution in [3.8, 4) is 0 Å². The number of nitrogens with two attached hydrogens (primary N) is 1. The molecule has 0 radical (unpaired) electrons. The molecule has 0 aliphatic heterocycles. The molecule has 1 heterocycles. The standard InChI is InChI=1S/C13H14N2O/c1-2-12(14)13(16)10-5-3-4-9-6-7-15-8-11(9)10/h3-8,12H,2,14H2,1H3. The summed E-state index contributed by atoms with van der Waals surface area (Å²) in [5, 5.41) is 1.89. The van der Waals surface area contributed by atoms with Crippen LogP contribution in [0, 0.1) is 0 Å². The largest absolute Gasteiger partial charge is 0.321 e. The number of rotatable bonds is 3. The van der Waals surface area contributed by atoms with Crippen molar-refractivity contribution in [2.45, 2.75) is 19.4 Å². The van der Waals surface area contributed by atoms with Gasteiger partial charge in [0.2, 0.25) is 0 Å². The number of nitrogens with zero attached hydrogens (tertiary/aromatic N) is 1. The van der Waals surface area contributed by atoms with E-state index in [2.05, 4.69) is 4.98 Å². The third kappa shape index (κ3) is 1.82. The molecule has 1 aromatic carbocycles. The first-order chi connectivity index (χ1) is 7.74. The number of carbonyl (C=O) groups is 1. The van der Waals surface area contributed by atoms with Crippen LogP contribution in [0.1, 0.15) is 23.7 Å². The highest BCUT2D eigenvalue weighted by Crippen LogP contribution is 2.18. The molecular formula is C13H14N2O. The first-order valence-electron chi connectivity index (χ1n) is 5.36. The van der Waals surface area contributed by atoms with E-state index >= 15 is 0 Å². The van der Waals surface area contributed by atoms with Gasteiger partial charge in [0, 0.05) is 23.3 Å². The lowest BCUT2D eigenvalue weighted by atomic mass is 9.98. The molecule has 0 saturated carbocycles. The summed E-state index contributed by atoms with van der Waals surface area (Å²) in [4.78, 5) is 16.1. The van der Waals surface area contributed by atoms with Gasteiger partial charge in [-0.15, -0.1) is 0 Å². The smallest absolute Gasteiger partial charge is 0.180 e. The van der Waals surface area contributed by atoms with Gasteiger partial charge < -0.3 is 5.73 Å². The SMILES string of the molecule is CCC(N)C(=O)c1cccc2ccncc12. The number of carbonyl (C=O) groups excluding carboxylic acids is 1. The summed E-state index contributed by atoms with van der Waals surface area (Å²) >= 11 is 0. The van der Waals surface area contributed by atoms with Crippen LogP contribution in [0.3, 0.4) is 0 Å². The number of pyridine rings is 1. The van der Waals surface area contributed by atoms with E-state index < -0.39 is 6.04 Å². The summed E-state index contributed by atoms with van der Waals surface area (Å²) in [6, 6.07) is 7.11. The van der Waals surface area contributed by atoms with Crippen molar-refractivity contribution in [3.63, 3.8) is 0 Å². The average molecular weight is 214 g/mol. The first-order valence-corrected chi connectivity index (χ1v) is 5.36. The predicted molar refractivity (Wildman–Crippen MR) is 64.3 cm³/mol. The van der Waals surface area contributed by atoms with Gasteiger partial charge in [0.05, 0.1) is 6.04 Å². The molecule has 3 nitrogen and oxygen atoms in total. The second kappa shape index (κ2) is 4.41. The van der Waals surface area contributed by atoms with Crippen LogP contribution in [0.25, 0.3) is 10.8 Å². The Hall–Kier alpha value is -1.74. The Morgan fingerprint density at radius 2 is 2.25 bits per heavy atom. The number of hydrogen-bond donors (Lipinski definition) is 1. The zero-order chi connectivity index (χ0) is 11.5. The maximum absolute atomic E-state index is 12.0. The highest BCUT2D eigenvalue weighted by Gasteiger charge is 2.15. The van der Waals surface area contributed by atoms with E-state index in [-0.39, 0.29) is 5.78 Å². The van der Waals surface area contributed by atoms with Gasteiger partial charge in [-0.05, 0) is 17.9 Å². The highest BCUT2D eigenvalue weighted by molar-refractivity contribution is 6.10. The van der Waals surface area contributed by atoms with E-state index in [4.69, 9.17) is 5.73 Å². The quantitative estimate of drug-likeness (QED) is 0.796. The minimum absolute atomic E-state index is 0.0129. The van der Waals surface area contributed by atoms with Gasteiger partial charge in [0.15, 0.2) is 5.78 Å². The summed E-state index contributed by atoms with van der Waals surface area (Å²) < 4.78 is 0. The molecule has 3 heteroatoms. The van der Waals surface area contributed by atoms with Crippen molar-refractivity contribution >= 4 is 16.6 Å². The average Bonchev–Trinajstić information content (AvgIpc) is 2.36. The number of fused-ring (bicyclic) bond motifs is 1. The van der Waals surface area contributed by atoms with Gasteiger partial charge in [-0.2, -0.15) is 0 Å². The molecule has 2 aromatic rings. The Kier molecular flexibility index (Phi) is 2.97. The molecule has 0 fully saturated rings. The molecule has 82 valence electrons. The number of aromatic nitrogens is 1. The molecule has 0 amide bonds. The minimum Gasteiger partial charge on any atom is -0.321 e. The fraction of sp³-hybridized carbons (Fsp3) is 0.231. The lowest BCUT2D eigenvalue weighted by Crippen LogP contribution is -2.29. The molecule has 1 aromatic heterocycles. The Morgan fingerprint density at radius 3 is 3.00 bits per heavy atom. The lowest BCUT2D eigenvalue weighted by molar-refractivity contribution is 0.0961. The first kappa shape index (κ1) is 10.8. The molecule has 0 saturated heterocycles. The molecule has 0 spiro atoms. The molecule has 0 bridgehead atoms. The lowest BCUT2D eigenvalue weighted by Gasteiger charge is -2.09. The van der Waals surface area contributed by atoms with Crippen molar-refractivity contribution in [3.05, 3.63) is 42.2 Å². The van der Waals surface area contributed by atoms with E-state index in [1.165, 1.54) is 0 Å². The summed E-state index contributed by atoms with van der Waals surface area (Å²) in [6.45, 7) is 1.91. The predicted octanol–water partition coefficient (Wildman–Crippen LogP) is 2.15. The number of hydrogen-bond acceptors (Lipinski definition) is 3. The summed E-state index contributed by atoms with van der Waals surface area (Å²) in [6.07, 6.45) is 4.08. The topological polar surface area (TPSA) is 56.0 Å². The Balaban J connectivity index is 2.56.